The van der Waals surface area contributed by atoms with Crippen LogP contribution in [0.1, 0.15) is 35.8 Å². The van der Waals surface area contributed by atoms with Crippen LogP contribution in [-0.2, 0) is 17.6 Å². The maximum atomic E-state index is 11.0. The first kappa shape index (κ1) is 12.2. The lowest BCUT2D eigenvalue weighted by molar-refractivity contribution is -0.120. The minimum Gasteiger partial charge on any atom is -0.356 e. The van der Waals surface area contributed by atoms with E-state index in [9.17, 15) is 4.79 Å². The van der Waals surface area contributed by atoms with Gasteiger partial charge < -0.3 is 5.32 Å². The van der Waals surface area contributed by atoms with Crippen molar-refractivity contribution >= 4 is 17.2 Å². The van der Waals surface area contributed by atoms with Gasteiger partial charge in [-0.1, -0.05) is 13.8 Å². The summed E-state index contributed by atoms with van der Waals surface area (Å²) in [5.74, 6) is 0.110. The monoisotopic (exact) mass is 226 g/mol. The SMILES string of the molecule is CCC(=O)NCCc1nc(CC)c(C)s1. The molecule has 84 valence electrons. The number of nitrogens with zero attached hydrogens (tertiary/aromatic N) is 1. The number of thiazole rings is 1. The summed E-state index contributed by atoms with van der Waals surface area (Å²) in [7, 11) is 0. The highest BCUT2D eigenvalue weighted by Crippen LogP contribution is 2.17. The van der Waals surface area contributed by atoms with Gasteiger partial charge in [0.15, 0.2) is 0 Å². The molecular formula is C11H18N2OS. The van der Waals surface area contributed by atoms with Gasteiger partial charge in [-0.15, -0.1) is 11.3 Å². The summed E-state index contributed by atoms with van der Waals surface area (Å²) in [4.78, 5) is 16.8. The van der Waals surface area contributed by atoms with Gasteiger partial charge in [-0.3, -0.25) is 4.79 Å². The number of rotatable bonds is 5. The normalized spacial score (nSPS) is 10.3. The molecular weight excluding hydrogens is 208 g/mol. The van der Waals surface area contributed by atoms with Gasteiger partial charge in [0.1, 0.15) is 0 Å². The highest BCUT2D eigenvalue weighted by atomic mass is 32.1. The molecule has 4 heteroatoms. The van der Waals surface area contributed by atoms with E-state index in [0.29, 0.717) is 13.0 Å². The van der Waals surface area contributed by atoms with E-state index in [4.69, 9.17) is 0 Å². The molecule has 0 radical (unpaired) electrons. The molecule has 0 fully saturated rings. The van der Waals surface area contributed by atoms with Crippen LogP contribution in [0.5, 0.6) is 0 Å². The first-order valence-corrected chi connectivity index (χ1v) is 6.20. The van der Waals surface area contributed by atoms with Gasteiger partial charge >= 0.3 is 0 Å². The molecule has 1 aromatic rings. The van der Waals surface area contributed by atoms with Crippen molar-refractivity contribution in [2.45, 2.75) is 40.0 Å². The third-order valence-corrected chi connectivity index (χ3v) is 3.33. The van der Waals surface area contributed by atoms with Crippen molar-refractivity contribution in [1.29, 1.82) is 0 Å². The van der Waals surface area contributed by atoms with Crippen LogP contribution in [0, 0.1) is 6.92 Å². The minimum absolute atomic E-state index is 0.110. The van der Waals surface area contributed by atoms with Crippen LogP contribution in [0.25, 0.3) is 0 Å². The number of aryl methyl sites for hydroxylation is 2. The third-order valence-electron chi connectivity index (χ3n) is 2.25. The molecule has 1 heterocycles. The molecule has 15 heavy (non-hydrogen) atoms. The second-order valence-electron chi connectivity index (χ2n) is 3.42. The summed E-state index contributed by atoms with van der Waals surface area (Å²) in [5, 5.41) is 3.98. The zero-order chi connectivity index (χ0) is 11.3. The van der Waals surface area contributed by atoms with E-state index >= 15 is 0 Å². The van der Waals surface area contributed by atoms with Crippen LogP contribution in [-0.4, -0.2) is 17.4 Å². The lowest BCUT2D eigenvalue weighted by atomic mass is 10.3. The largest absolute Gasteiger partial charge is 0.356 e. The third kappa shape index (κ3) is 3.63. The maximum Gasteiger partial charge on any atom is 0.219 e. The molecule has 1 aromatic heterocycles. The van der Waals surface area contributed by atoms with Crippen molar-refractivity contribution in [3.8, 4) is 0 Å². The number of aromatic nitrogens is 1. The summed E-state index contributed by atoms with van der Waals surface area (Å²) in [6, 6.07) is 0. The zero-order valence-electron chi connectivity index (χ0n) is 9.59. The van der Waals surface area contributed by atoms with Crippen molar-refractivity contribution < 1.29 is 4.79 Å². The topological polar surface area (TPSA) is 42.0 Å². The van der Waals surface area contributed by atoms with E-state index in [1.54, 1.807) is 11.3 Å². The van der Waals surface area contributed by atoms with Crippen LogP contribution in [0.3, 0.4) is 0 Å². The molecule has 0 aromatic carbocycles. The molecule has 0 aliphatic rings. The average molecular weight is 226 g/mol. The van der Waals surface area contributed by atoms with Crippen molar-refractivity contribution in [3.63, 3.8) is 0 Å². The van der Waals surface area contributed by atoms with Crippen molar-refractivity contribution in [1.82, 2.24) is 10.3 Å². The summed E-state index contributed by atoms with van der Waals surface area (Å²) >= 11 is 1.74. The Morgan fingerprint density at radius 3 is 2.73 bits per heavy atom. The van der Waals surface area contributed by atoms with Crippen LogP contribution >= 0.6 is 11.3 Å². The van der Waals surface area contributed by atoms with E-state index in [0.717, 1.165) is 17.8 Å². The Morgan fingerprint density at radius 2 is 2.20 bits per heavy atom. The Hall–Kier alpha value is -0.900. The number of hydrogen-bond donors (Lipinski definition) is 1. The van der Waals surface area contributed by atoms with Crippen LogP contribution in [0.15, 0.2) is 0 Å². The van der Waals surface area contributed by atoms with Crippen LogP contribution in [0.2, 0.25) is 0 Å². The van der Waals surface area contributed by atoms with Crippen LogP contribution < -0.4 is 5.32 Å². The molecule has 1 N–H and O–H groups in total. The quantitative estimate of drug-likeness (QED) is 0.835. The second kappa shape index (κ2) is 5.85. The fourth-order valence-corrected chi connectivity index (χ4v) is 2.38. The number of hydrogen-bond acceptors (Lipinski definition) is 3. The first-order chi connectivity index (χ1) is 7.17. The Morgan fingerprint density at radius 1 is 1.47 bits per heavy atom. The van der Waals surface area contributed by atoms with Crippen LogP contribution in [0.4, 0.5) is 0 Å². The predicted molar refractivity (Wildman–Crippen MR) is 63.2 cm³/mol. The highest BCUT2D eigenvalue weighted by molar-refractivity contribution is 7.11. The van der Waals surface area contributed by atoms with Crippen molar-refractivity contribution in [2.75, 3.05) is 6.54 Å². The predicted octanol–water partition coefficient (Wildman–Crippen LogP) is 2.08. The van der Waals surface area contributed by atoms with E-state index < -0.39 is 0 Å². The Balaban J connectivity index is 2.41. The lowest BCUT2D eigenvalue weighted by Crippen LogP contribution is -2.24. The van der Waals surface area contributed by atoms with Gasteiger partial charge in [-0.2, -0.15) is 0 Å². The molecule has 3 nitrogen and oxygen atoms in total. The van der Waals surface area contributed by atoms with E-state index in [1.165, 1.54) is 10.6 Å². The van der Waals surface area contributed by atoms with Gasteiger partial charge in [0.2, 0.25) is 5.91 Å². The molecule has 0 unspecified atom stereocenters. The Kier molecular flexibility index (Phi) is 4.75. The fourth-order valence-electron chi connectivity index (χ4n) is 1.36. The standard InChI is InChI=1S/C11H18N2OS/c1-4-9-8(3)15-11(13-9)6-7-12-10(14)5-2/h4-7H2,1-3H3,(H,12,14). The summed E-state index contributed by atoms with van der Waals surface area (Å²) in [6.45, 7) is 6.77. The lowest BCUT2D eigenvalue weighted by Gasteiger charge is -2.00. The highest BCUT2D eigenvalue weighted by Gasteiger charge is 2.05. The van der Waals surface area contributed by atoms with E-state index in [-0.39, 0.29) is 5.91 Å². The molecule has 0 aliphatic carbocycles. The molecule has 0 saturated heterocycles. The maximum absolute atomic E-state index is 11.0. The fraction of sp³-hybridized carbons (Fsp3) is 0.636. The number of nitrogens with one attached hydrogen (secondary N) is 1. The molecule has 1 rings (SSSR count). The minimum atomic E-state index is 0.110. The molecule has 0 atom stereocenters. The summed E-state index contributed by atoms with van der Waals surface area (Å²) in [6.07, 6.45) is 2.39. The number of amides is 1. The van der Waals surface area contributed by atoms with E-state index in [1.807, 2.05) is 6.92 Å². The number of carbonyl (C=O) groups excluding carboxylic acids is 1. The zero-order valence-corrected chi connectivity index (χ0v) is 10.4. The molecule has 0 saturated carbocycles. The first-order valence-electron chi connectivity index (χ1n) is 5.39. The van der Waals surface area contributed by atoms with Gasteiger partial charge in [0, 0.05) is 24.3 Å². The van der Waals surface area contributed by atoms with Gasteiger partial charge in [-0.25, -0.2) is 4.98 Å². The Labute approximate surface area is 94.9 Å². The van der Waals surface area contributed by atoms with Gasteiger partial charge in [-0.05, 0) is 13.3 Å². The number of carbonyl (C=O) groups is 1. The van der Waals surface area contributed by atoms with Crippen molar-refractivity contribution in [2.24, 2.45) is 0 Å². The van der Waals surface area contributed by atoms with Gasteiger partial charge in [0.05, 0.1) is 10.7 Å². The Bertz CT molecular complexity index is 333. The molecule has 0 bridgehead atoms. The van der Waals surface area contributed by atoms with Crippen molar-refractivity contribution in [3.05, 3.63) is 15.6 Å². The summed E-state index contributed by atoms with van der Waals surface area (Å²) in [5.41, 5.74) is 1.19. The second-order valence-corrected chi connectivity index (χ2v) is 4.71. The van der Waals surface area contributed by atoms with Gasteiger partial charge in [0.25, 0.3) is 0 Å². The smallest absolute Gasteiger partial charge is 0.219 e. The summed E-state index contributed by atoms with van der Waals surface area (Å²) < 4.78 is 0. The van der Waals surface area contributed by atoms with E-state index in [2.05, 4.69) is 24.1 Å². The molecule has 0 aliphatic heterocycles. The average Bonchev–Trinajstić information content (AvgIpc) is 2.58. The molecule has 0 spiro atoms. The molecule has 1 amide bonds.